The standard InChI is InChI=1S/C22H27FN4O/c1-16(2)28-15-20-24-25-21-17(3)19(9-12-27(20)21)26-13-10-22(23,11-14-26)18-7-5-4-6-8-18/h4-9,12,16H,10-11,13-15H2,1-3H3. The fraction of sp³-hybridized carbons (Fsp3) is 0.455. The lowest BCUT2D eigenvalue weighted by atomic mass is 9.86. The van der Waals surface area contributed by atoms with Crippen molar-refractivity contribution in [2.45, 2.75) is 52.0 Å². The van der Waals surface area contributed by atoms with E-state index < -0.39 is 5.67 Å². The van der Waals surface area contributed by atoms with Crippen molar-refractivity contribution in [1.29, 1.82) is 0 Å². The van der Waals surface area contributed by atoms with Crippen LogP contribution >= 0.6 is 0 Å². The number of benzene rings is 1. The number of aryl methyl sites for hydroxylation is 1. The summed E-state index contributed by atoms with van der Waals surface area (Å²) in [5, 5.41) is 8.65. The molecule has 3 heterocycles. The molecule has 0 amide bonds. The molecule has 0 N–H and O–H groups in total. The third kappa shape index (κ3) is 3.49. The first-order chi connectivity index (χ1) is 13.5. The highest BCUT2D eigenvalue weighted by molar-refractivity contribution is 5.65. The maximum absolute atomic E-state index is 15.4. The minimum Gasteiger partial charge on any atom is -0.371 e. The van der Waals surface area contributed by atoms with Crippen molar-refractivity contribution < 1.29 is 9.13 Å². The van der Waals surface area contributed by atoms with Crippen LogP contribution in [0.1, 0.15) is 43.6 Å². The van der Waals surface area contributed by atoms with E-state index >= 15 is 4.39 Å². The SMILES string of the molecule is Cc1c(N2CCC(F)(c3ccccc3)CC2)ccn2c(COC(C)C)nnc12. The third-order valence-corrected chi connectivity index (χ3v) is 5.60. The van der Waals surface area contributed by atoms with E-state index in [0.717, 1.165) is 28.3 Å². The van der Waals surface area contributed by atoms with Crippen LogP contribution in [0, 0.1) is 6.92 Å². The second-order valence-electron chi connectivity index (χ2n) is 7.81. The van der Waals surface area contributed by atoms with Gasteiger partial charge in [0, 0.05) is 43.4 Å². The van der Waals surface area contributed by atoms with Gasteiger partial charge in [-0.3, -0.25) is 4.40 Å². The summed E-state index contributed by atoms with van der Waals surface area (Å²) < 4.78 is 23.1. The number of aromatic nitrogens is 3. The van der Waals surface area contributed by atoms with Crippen molar-refractivity contribution in [3.05, 3.63) is 59.5 Å². The molecule has 28 heavy (non-hydrogen) atoms. The number of fused-ring (bicyclic) bond motifs is 1. The molecular weight excluding hydrogens is 355 g/mol. The largest absolute Gasteiger partial charge is 0.371 e. The lowest BCUT2D eigenvalue weighted by molar-refractivity contribution is 0.0608. The zero-order chi connectivity index (χ0) is 19.7. The van der Waals surface area contributed by atoms with Gasteiger partial charge in [-0.15, -0.1) is 10.2 Å². The number of piperidine rings is 1. The van der Waals surface area contributed by atoms with E-state index in [9.17, 15) is 0 Å². The highest BCUT2D eigenvalue weighted by Crippen LogP contribution is 2.39. The summed E-state index contributed by atoms with van der Waals surface area (Å²) in [5.41, 5.74) is 2.55. The Kier molecular flexibility index (Phi) is 5.06. The fourth-order valence-electron chi connectivity index (χ4n) is 3.93. The first kappa shape index (κ1) is 18.9. The Morgan fingerprint density at radius 2 is 1.82 bits per heavy atom. The van der Waals surface area contributed by atoms with E-state index in [0.29, 0.717) is 32.5 Å². The first-order valence-electron chi connectivity index (χ1n) is 9.92. The zero-order valence-electron chi connectivity index (χ0n) is 16.7. The summed E-state index contributed by atoms with van der Waals surface area (Å²) >= 11 is 0. The van der Waals surface area contributed by atoms with Gasteiger partial charge in [-0.05, 0) is 32.4 Å². The molecule has 148 valence electrons. The number of hydrogen-bond acceptors (Lipinski definition) is 4. The van der Waals surface area contributed by atoms with E-state index in [1.165, 1.54) is 0 Å². The summed E-state index contributed by atoms with van der Waals surface area (Å²) in [6.07, 6.45) is 3.11. The van der Waals surface area contributed by atoms with E-state index in [1.807, 2.05) is 54.8 Å². The summed E-state index contributed by atoms with van der Waals surface area (Å²) in [7, 11) is 0. The van der Waals surface area contributed by atoms with Crippen molar-refractivity contribution in [3.8, 4) is 0 Å². The number of hydrogen-bond donors (Lipinski definition) is 0. The Hall–Kier alpha value is -2.47. The number of pyridine rings is 1. The molecular formula is C22H27FN4O. The quantitative estimate of drug-likeness (QED) is 0.655. The van der Waals surface area contributed by atoms with Crippen LogP contribution in [-0.2, 0) is 17.0 Å². The molecule has 4 rings (SSSR count). The second-order valence-corrected chi connectivity index (χ2v) is 7.81. The molecule has 3 aromatic rings. The summed E-state index contributed by atoms with van der Waals surface area (Å²) in [4.78, 5) is 2.26. The van der Waals surface area contributed by atoms with Crippen LogP contribution in [0.4, 0.5) is 10.1 Å². The van der Waals surface area contributed by atoms with E-state index in [-0.39, 0.29) is 6.10 Å². The Balaban J connectivity index is 1.53. The van der Waals surface area contributed by atoms with Crippen molar-refractivity contribution >= 4 is 11.3 Å². The molecule has 0 bridgehead atoms. The van der Waals surface area contributed by atoms with Crippen molar-refractivity contribution in [2.75, 3.05) is 18.0 Å². The van der Waals surface area contributed by atoms with Gasteiger partial charge in [0.1, 0.15) is 12.3 Å². The summed E-state index contributed by atoms with van der Waals surface area (Å²) in [5.74, 6) is 0.795. The van der Waals surface area contributed by atoms with E-state index in [1.54, 1.807) is 0 Å². The summed E-state index contributed by atoms with van der Waals surface area (Å²) in [6.45, 7) is 7.86. The monoisotopic (exact) mass is 382 g/mol. The molecule has 1 saturated heterocycles. The van der Waals surface area contributed by atoms with Gasteiger partial charge in [-0.1, -0.05) is 30.3 Å². The van der Waals surface area contributed by atoms with E-state index in [4.69, 9.17) is 4.74 Å². The van der Waals surface area contributed by atoms with Crippen LogP contribution in [0.5, 0.6) is 0 Å². The predicted octanol–water partition coefficient (Wildman–Crippen LogP) is 4.43. The van der Waals surface area contributed by atoms with Crippen molar-refractivity contribution in [2.24, 2.45) is 0 Å². The van der Waals surface area contributed by atoms with Crippen molar-refractivity contribution in [3.63, 3.8) is 0 Å². The number of anilines is 1. The van der Waals surface area contributed by atoms with Crippen LogP contribution < -0.4 is 4.90 Å². The lowest BCUT2D eigenvalue weighted by Gasteiger charge is -2.38. The minimum absolute atomic E-state index is 0.145. The van der Waals surface area contributed by atoms with Gasteiger partial charge < -0.3 is 9.64 Å². The van der Waals surface area contributed by atoms with Crippen LogP contribution in [0.25, 0.3) is 5.65 Å². The van der Waals surface area contributed by atoms with Crippen LogP contribution in [0.15, 0.2) is 42.6 Å². The number of nitrogens with zero attached hydrogens (tertiary/aromatic N) is 4. The highest BCUT2D eigenvalue weighted by atomic mass is 19.1. The topological polar surface area (TPSA) is 42.7 Å². The zero-order valence-corrected chi connectivity index (χ0v) is 16.7. The van der Waals surface area contributed by atoms with Crippen molar-refractivity contribution in [1.82, 2.24) is 14.6 Å². The van der Waals surface area contributed by atoms with Crippen LogP contribution in [-0.4, -0.2) is 33.8 Å². The number of ether oxygens (including phenoxy) is 1. The molecule has 1 fully saturated rings. The molecule has 0 saturated carbocycles. The highest BCUT2D eigenvalue weighted by Gasteiger charge is 2.36. The van der Waals surface area contributed by atoms with E-state index in [2.05, 4.69) is 28.1 Å². The minimum atomic E-state index is -1.24. The molecule has 1 aliphatic heterocycles. The second kappa shape index (κ2) is 7.51. The van der Waals surface area contributed by atoms with Gasteiger partial charge in [0.25, 0.3) is 0 Å². The molecule has 2 aromatic heterocycles. The van der Waals surface area contributed by atoms with Gasteiger partial charge in [0.2, 0.25) is 0 Å². The van der Waals surface area contributed by atoms with Gasteiger partial charge >= 0.3 is 0 Å². The molecule has 0 aliphatic carbocycles. The molecule has 5 nitrogen and oxygen atoms in total. The Labute approximate surface area is 165 Å². The predicted molar refractivity (Wildman–Crippen MR) is 108 cm³/mol. The molecule has 0 radical (unpaired) electrons. The number of halogens is 1. The lowest BCUT2D eigenvalue weighted by Crippen LogP contribution is -2.40. The Bertz CT molecular complexity index is 946. The Morgan fingerprint density at radius 1 is 1.11 bits per heavy atom. The molecule has 6 heteroatoms. The third-order valence-electron chi connectivity index (χ3n) is 5.60. The fourth-order valence-corrected chi connectivity index (χ4v) is 3.93. The molecule has 0 unspecified atom stereocenters. The maximum Gasteiger partial charge on any atom is 0.165 e. The normalized spacial score (nSPS) is 16.8. The summed E-state index contributed by atoms with van der Waals surface area (Å²) in [6, 6.07) is 11.6. The van der Waals surface area contributed by atoms with Crippen LogP contribution in [0.3, 0.4) is 0 Å². The number of alkyl halides is 1. The maximum atomic E-state index is 15.4. The number of rotatable bonds is 5. The van der Waals surface area contributed by atoms with Gasteiger partial charge in [-0.2, -0.15) is 0 Å². The molecule has 0 atom stereocenters. The average Bonchev–Trinajstić information content (AvgIpc) is 3.12. The smallest absolute Gasteiger partial charge is 0.165 e. The van der Waals surface area contributed by atoms with Gasteiger partial charge in [0.05, 0.1) is 6.10 Å². The average molecular weight is 382 g/mol. The molecule has 1 aromatic carbocycles. The molecule has 1 aliphatic rings. The van der Waals surface area contributed by atoms with Gasteiger partial charge in [0.15, 0.2) is 11.5 Å². The Morgan fingerprint density at radius 3 is 2.50 bits per heavy atom. The molecule has 0 spiro atoms. The van der Waals surface area contributed by atoms with Crippen LogP contribution in [0.2, 0.25) is 0 Å². The first-order valence-corrected chi connectivity index (χ1v) is 9.92. The van der Waals surface area contributed by atoms with Gasteiger partial charge in [-0.25, -0.2) is 4.39 Å².